The van der Waals surface area contributed by atoms with Crippen molar-refractivity contribution in [3.05, 3.63) is 27.1 Å². The lowest BCUT2D eigenvalue weighted by atomic mass is 10.1. The van der Waals surface area contributed by atoms with Crippen molar-refractivity contribution in [2.75, 3.05) is 0 Å². The second-order valence-corrected chi connectivity index (χ2v) is 5.47. The molecular formula is C8H2F3IO2S. The number of carbonyl (C=O) groups excluding carboxylic acids is 1. The number of rotatable bonds is 0. The summed E-state index contributed by atoms with van der Waals surface area (Å²) < 4.78 is 50.7. The fourth-order valence-corrected chi connectivity index (χ4v) is 3.48. The van der Waals surface area contributed by atoms with Crippen LogP contribution in [0.25, 0.3) is 0 Å². The van der Waals surface area contributed by atoms with E-state index in [0.717, 1.165) is 6.07 Å². The van der Waals surface area contributed by atoms with Gasteiger partial charge in [-0.15, -0.1) is 0 Å². The number of benzene rings is 1. The molecule has 1 heterocycles. The minimum Gasteiger partial charge on any atom is -0.286 e. The molecule has 0 saturated heterocycles. The van der Waals surface area contributed by atoms with Gasteiger partial charge in [-0.2, -0.15) is 8.78 Å². The summed E-state index contributed by atoms with van der Waals surface area (Å²) in [7, 11) is -2.79. The molecule has 0 aliphatic carbocycles. The zero-order valence-electron chi connectivity index (χ0n) is 6.89. The topological polar surface area (TPSA) is 34.1 Å². The number of carbonyl (C=O) groups is 1. The van der Waals surface area contributed by atoms with Crippen molar-refractivity contribution in [3.8, 4) is 0 Å². The van der Waals surface area contributed by atoms with Gasteiger partial charge in [0, 0.05) is 3.57 Å². The van der Waals surface area contributed by atoms with Crippen molar-refractivity contribution in [2.24, 2.45) is 0 Å². The van der Waals surface area contributed by atoms with Gasteiger partial charge in [0.15, 0.2) is 0 Å². The van der Waals surface area contributed by atoms with Crippen molar-refractivity contribution < 1.29 is 22.2 Å². The minimum atomic E-state index is -4.01. The average Bonchev–Trinajstić information content (AvgIpc) is 2.35. The summed E-state index contributed by atoms with van der Waals surface area (Å²) in [6.45, 7) is 0. The van der Waals surface area contributed by atoms with Gasteiger partial charge in [0.05, 0.1) is 10.5 Å². The predicted molar refractivity (Wildman–Crippen MR) is 54.8 cm³/mol. The molecule has 0 spiro atoms. The van der Waals surface area contributed by atoms with E-state index >= 15 is 0 Å². The molecule has 1 aromatic rings. The van der Waals surface area contributed by atoms with Crippen LogP contribution >= 0.6 is 22.6 Å². The summed E-state index contributed by atoms with van der Waals surface area (Å²) >= 11 is 1.64. The van der Waals surface area contributed by atoms with Crippen molar-refractivity contribution in [1.29, 1.82) is 0 Å². The van der Waals surface area contributed by atoms with Crippen LogP contribution in [0, 0.1) is 9.39 Å². The Morgan fingerprint density at radius 1 is 1.33 bits per heavy atom. The van der Waals surface area contributed by atoms with Gasteiger partial charge in [0.1, 0.15) is 16.6 Å². The molecule has 0 saturated carbocycles. The van der Waals surface area contributed by atoms with Crippen LogP contribution in [-0.2, 0) is 10.8 Å². The molecule has 1 aliphatic rings. The first kappa shape index (κ1) is 11.1. The van der Waals surface area contributed by atoms with Gasteiger partial charge in [0.2, 0.25) is 5.78 Å². The van der Waals surface area contributed by atoms with E-state index < -0.39 is 38.1 Å². The zero-order valence-corrected chi connectivity index (χ0v) is 9.87. The van der Waals surface area contributed by atoms with E-state index in [4.69, 9.17) is 0 Å². The van der Waals surface area contributed by atoms with Crippen LogP contribution in [-0.4, -0.2) is 15.2 Å². The number of Topliss-reactive ketones (excluding diaryl/α,β-unsaturated/α-hetero) is 1. The maximum atomic E-state index is 13.1. The van der Waals surface area contributed by atoms with Crippen molar-refractivity contribution in [3.63, 3.8) is 0 Å². The first-order valence-electron chi connectivity index (χ1n) is 3.70. The smallest absolute Gasteiger partial charge is 0.286 e. The van der Waals surface area contributed by atoms with Crippen LogP contribution in [0.1, 0.15) is 10.4 Å². The molecule has 0 bridgehead atoms. The fourth-order valence-electron chi connectivity index (χ4n) is 1.28. The van der Waals surface area contributed by atoms with Gasteiger partial charge in [-0.25, -0.2) is 8.60 Å². The minimum absolute atomic E-state index is 0.202. The fraction of sp³-hybridized carbons (Fsp3) is 0.125. The maximum Gasteiger partial charge on any atom is 0.387 e. The van der Waals surface area contributed by atoms with E-state index in [1.807, 2.05) is 0 Å². The SMILES string of the molecule is O=C1c2c(F)ccc(I)c2S(=O)C1(F)F. The summed E-state index contributed by atoms with van der Waals surface area (Å²) in [6.07, 6.45) is 0. The van der Waals surface area contributed by atoms with Crippen LogP contribution < -0.4 is 0 Å². The Morgan fingerprint density at radius 2 is 1.93 bits per heavy atom. The predicted octanol–water partition coefficient (Wildman–Crippen LogP) is 2.33. The molecule has 2 nitrogen and oxygen atoms in total. The molecule has 0 fully saturated rings. The number of fused-ring (bicyclic) bond motifs is 1. The molecule has 0 aromatic heterocycles. The standard InChI is InChI=1S/C8H2F3IO2S/c9-3-1-2-4(12)6-5(3)7(13)8(10,11)15(6)14/h1-2H. The first-order valence-corrected chi connectivity index (χ1v) is 5.92. The molecule has 0 radical (unpaired) electrons. The van der Waals surface area contributed by atoms with Gasteiger partial charge in [-0.3, -0.25) is 4.79 Å². The second-order valence-electron chi connectivity index (χ2n) is 2.85. The number of hydrogen-bond donors (Lipinski definition) is 0. The normalized spacial score (nSPS) is 22.9. The van der Waals surface area contributed by atoms with Crippen LogP contribution in [0.4, 0.5) is 13.2 Å². The molecule has 1 aliphatic heterocycles. The van der Waals surface area contributed by atoms with Gasteiger partial charge in [0.25, 0.3) is 0 Å². The Labute approximate surface area is 98.4 Å². The summed E-state index contributed by atoms with van der Waals surface area (Å²) in [4.78, 5) is 10.7. The quantitative estimate of drug-likeness (QED) is 0.676. The van der Waals surface area contributed by atoms with E-state index in [9.17, 15) is 22.2 Å². The van der Waals surface area contributed by atoms with Gasteiger partial charge >= 0.3 is 5.25 Å². The third kappa shape index (κ3) is 1.36. The Kier molecular flexibility index (Phi) is 2.41. The number of ketones is 1. The van der Waals surface area contributed by atoms with Gasteiger partial charge < -0.3 is 0 Å². The molecule has 2 rings (SSSR count). The lowest BCUT2D eigenvalue weighted by Gasteiger charge is -2.02. The summed E-state index contributed by atoms with van der Waals surface area (Å²) in [5.74, 6) is -2.76. The van der Waals surface area contributed by atoms with Gasteiger partial charge in [-0.1, -0.05) is 0 Å². The Morgan fingerprint density at radius 3 is 2.47 bits per heavy atom. The maximum absolute atomic E-state index is 13.1. The zero-order chi connectivity index (χ0) is 11.4. The van der Waals surface area contributed by atoms with Crippen molar-refractivity contribution in [1.82, 2.24) is 0 Å². The van der Waals surface area contributed by atoms with Crippen LogP contribution in [0.2, 0.25) is 0 Å². The first-order chi connectivity index (χ1) is 6.87. The third-order valence-electron chi connectivity index (χ3n) is 1.97. The molecule has 1 aromatic carbocycles. The molecule has 0 amide bonds. The number of halogens is 4. The monoisotopic (exact) mass is 346 g/mol. The molecule has 0 N–H and O–H groups in total. The van der Waals surface area contributed by atoms with Gasteiger partial charge in [-0.05, 0) is 34.7 Å². The molecule has 1 atom stereocenters. The Hall–Kier alpha value is -0.440. The van der Waals surface area contributed by atoms with E-state index in [-0.39, 0.29) is 3.57 Å². The van der Waals surface area contributed by atoms with E-state index in [1.54, 1.807) is 22.6 Å². The summed E-state index contributed by atoms with van der Waals surface area (Å²) in [5.41, 5.74) is -0.745. The lowest BCUT2D eigenvalue weighted by molar-refractivity contribution is 0.0562. The van der Waals surface area contributed by atoms with Crippen LogP contribution in [0.15, 0.2) is 17.0 Å². The Bertz CT molecular complexity index is 458. The van der Waals surface area contributed by atoms with Crippen LogP contribution in [0.5, 0.6) is 0 Å². The van der Waals surface area contributed by atoms with Crippen molar-refractivity contribution >= 4 is 39.2 Å². The highest BCUT2D eigenvalue weighted by Crippen LogP contribution is 2.41. The lowest BCUT2D eigenvalue weighted by Crippen LogP contribution is -2.26. The highest BCUT2D eigenvalue weighted by atomic mass is 127. The van der Waals surface area contributed by atoms with Crippen LogP contribution in [0.3, 0.4) is 0 Å². The average molecular weight is 346 g/mol. The number of hydrogen-bond acceptors (Lipinski definition) is 2. The second kappa shape index (κ2) is 3.27. The molecular weight excluding hydrogens is 344 g/mol. The van der Waals surface area contributed by atoms with E-state index in [1.165, 1.54) is 6.07 Å². The largest absolute Gasteiger partial charge is 0.387 e. The van der Waals surface area contributed by atoms with E-state index in [2.05, 4.69) is 0 Å². The highest BCUT2D eigenvalue weighted by Gasteiger charge is 2.56. The Balaban J connectivity index is 2.84. The third-order valence-corrected chi connectivity index (χ3v) is 4.68. The van der Waals surface area contributed by atoms with E-state index in [0.29, 0.717) is 0 Å². The number of alkyl halides is 2. The van der Waals surface area contributed by atoms with Crippen molar-refractivity contribution in [2.45, 2.75) is 10.2 Å². The molecule has 15 heavy (non-hydrogen) atoms. The molecule has 80 valence electrons. The summed E-state index contributed by atoms with van der Waals surface area (Å²) in [6, 6.07) is 2.12. The molecule has 1 unspecified atom stereocenters. The summed E-state index contributed by atoms with van der Waals surface area (Å²) in [5, 5.41) is -4.01. The highest BCUT2D eigenvalue weighted by molar-refractivity contribution is 14.1. The molecule has 7 heteroatoms.